The number of para-hydroxylation sites is 1. The fraction of sp³-hybridized carbons (Fsp3) is 0.333. The van der Waals surface area contributed by atoms with E-state index in [1.165, 1.54) is 34.9 Å². The van der Waals surface area contributed by atoms with E-state index >= 15 is 0 Å². The Labute approximate surface area is 220 Å². The number of thiazole rings is 1. The number of fused-ring (bicyclic) bond motifs is 1. The maximum absolute atomic E-state index is 14.0. The Morgan fingerprint density at radius 2 is 2.00 bits per heavy atom. The Kier molecular flexibility index (Phi) is 7.32. The quantitative estimate of drug-likeness (QED) is 0.310. The third kappa shape index (κ3) is 5.14. The number of carbonyl (C=O) groups excluding carboxylic acids is 1. The van der Waals surface area contributed by atoms with Crippen LogP contribution in [0.1, 0.15) is 31.1 Å². The highest BCUT2D eigenvalue weighted by Crippen LogP contribution is 2.34. The van der Waals surface area contributed by atoms with Crippen molar-refractivity contribution in [3.63, 3.8) is 0 Å². The van der Waals surface area contributed by atoms with Gasteiger partial charge in [-0.2, -0.15) is 4.31 Å². The van der Waals surface area contributed by atoms with Gasteiger partial charge in [-0.3, -0.25) is 9.69 Å². The number of amides is 1. The van der Waals surface area contributed by atoms with E-state index in [1.807, 2.05) is 24.3 Å². The molecule has 1 amide bonds. The van der Waals surface area contributed by atoms with E-state index in [1.54, 1.807) is 29.4 Å². The standard InChI is InChI=1S/C27H29N3O5S2/c1-3-19-7-4-10-24-25(19)28-27(36-24)30(18-22-9-6-16-35-22)26(31)20-8-5-15-29(17-20)37(32,33)23-13-11-21(34-2)12-14-23/h4,6-7,9-14,16,20H,3,5,8,15,17-18H2,1-2H3. The number of carbonyl (C=O) groups is 1. The van der Waals surface area contributed by atoms with Crippen molar-refractivity contribution in [3.8, 4) is 5.75 Å². The van der Waals surface area contributed by atoms with Crippen LogP contribution < -0.4 is 9.64 Å². The van der Waals surface area contributed by atoms with E-state index in [9.17, 15) is 13.2 Å². The third-order valence-electron chi connectivity index (χ3n) is 6.69. The van der Waals surface area contributed by atoms with Gasteiger partial charge in [-0.1, -0.05) is 30.4 Å². The van der Waals surface area contributed by atoms with E-state index in [0.29, 0.717) is 36.0 Å². The summed E-state index contributed by atoms with van der Waals surface area (Å²) in [6, 6.07) is 16.0. The number of rotatable bonds is 8. The number of aromatic nitrogens is 1. The summed E-state index contributed by atoms with van der Waals surface area (Å²) in [6.07, 6.45) is 3.62. The molecule has 8 nitrogen and oxygen atoms in total. The van der Waals surface area contributed by atoms with Crippen LogP contribution in [0.25, 0.3) is 10.2 Å². The monoisotopic (exact) mass is 539 g/mol. The Balaban J connectivity index is 1.43. The van der Waals surface area contributed by atoms with Crippen molar-refractivity contribution in [2.45, 2.75) is 37.6 Å². The molecule has 5 rings (SSSR count). The minimum atomic E-state index is -3.75. The molecule has 0 aliphatic carbocycles. The van der Waals surface area contributed by atoms with Gasteiger partial charge in [-0.05, 0) is 67.3 Å². The second-order valence-corrected chi connectivity index (χ2v) is 11.9. The van der Waals surface area contributed by atoms with Crippen molar-refractivity contribution in [3.05, 3.63) is 72.2 Å². The first kappa shape index (κ1) is 25.4. The number of sulfonamides is 1. The minimum absolute atomic E-state index is 0.118. The van der Waals surface area contributed by atoms with Gasteiger partial charge >= 0.3 is 0 Å². The van der Waals surface area contributed by atoms with Gasteiger partial charge in [0.25, 0.3) is 0 Å². The first-order valence-corrected chi connectivity index (χ1v) is 14.5. The summed E-state index contributed by atoms with van der Waals surface area (Å²) in [4.78, 5) is 20.6. The molecule has 1 fully saturated rings. The molecule has 2 aromatic heterocycles. The van der Waals surface area contributed by atoms with Gasteiger partial charge in [0, 0.05) is 13.1 Å². The number of nitrogens with zero attached hydrogens (tertiary/aromatic N) is 3. The summed E-state index contributed by atoms with van der Waals surface area (Å²) in [5.41, 5.74) is 2.02. The van der Waals surface area contributed by atoms with E-state index in [4.69, 9.17) is 14.1 Å². The molecular weight excluding hydrogens is 510 g/mol. The zero-order valence-electron chi connectivity index (χ0n) is 20.8. The molecule has 3 heterocycles. The first-order valence-electron chi connectivity index (χ1n) is 12.3. The molecule has 194 valence electrons. The summed E-state index contributed by atoms with van der Waals surface area (Å²) < 4.78 is 39.9. The Bertz CT molecular complexity index is 1480. The van der Waals surface area contributed by atoms with Crippen LogP contribution in [0.3, 0.4) is 0 Å². The molecule has 4 aromatic rings. The van der Waals surface area contributed by atoms with Crippen molar-refractivity contribution in [1.29, 1.82) is 0 Å². The van der Waals surface area contributed by atoms with Gasteiger partial charge in [0.15, 0.2) is 5.13 Å². The minimum Gasteiger partial charge on any atom is -0.497 e. The van der Waals surface area contributed by atoms with Crippen LogP contribution in [0, 0.1) is 5.92 Å². The predicted molar refractivity (Wildman–Crippen MR) is 143 cm³/mol. The summed E-state index contributed by atoms with van der Waals surface area (Å²) in [6.45, 7) is 2.80. The highest BCUT2D eigenvalue weighted by Gasteiger charge is 2.36. The lowest BCUT2D eigenvalue weighted by Gasteiger charge is -2.33. The van der Waals surface area contributed by atoms with Gasteiger partial charge in [0.05, 0.1) is 40.9 Å². The smallest absolute Gasteiger partial charge is 0.243 e. The normalized spacial score (nSPS) is 16.6. The number of benzene rings is 2. The number of methoxy groups -OCH3 is 1. The van der Waals surface area contributed by atoms with E-state index in [0.717, 1.165) is 22.2 Å². The average Bonchev–Trinajstić information content (AvgIpc) is 3.61. The molecule has 1 aliphatic rings. The van der Waals surface area contributed by atoms with Crippen LogP contribution in [0.5, 0.6) is 5.75 Å². The van der Waals surface area contributed by atoms with Crippen LogP contribution in [0.4, 0.5) is 5.13 Å². The van der Waals surface area contributed by atoms with E-state index in [2.05, 4.69) is 6.92 Å². The van der Waals surface area contributed by atoms with Crippen LogP contribution >= 0.6 is 11.3 Å². The number of hydrogen-bond acceptors (Lipinski definition) is 7. The Morgan fingerprint density at radius 3 is 2.70 bits per heavy atom. The molecule has 1 atom stereocenters. The molecule has 0 spiro atoms. The van der Waals surface area contributed by atoms with Crippen LogP contribution in [0.15, 0.2) is 70.2 Å². The Hall–Kier alpha value is -3.21. The lowest BCUT2D eigenvalue weighted by molar-refractivity contribution is -0.123. The highest BCUT2D eigenvalue weighted by atomic mass is 32.2. The van der Waals surface area contributed by atoms with Gasteiger partial charge in [0.1, 0.15) is 11.5 Å². The molecule has 0 bridgehead atoms. The number of anilines is 1. The molecule has 1 saturated heterocycles. The van der Waals surface area contributed by atoms with Crippen molar-refractivity contribution >= 4 is 42.6 Å². The maximum Gasteiger partial charge on any atom is 0.243 e. The lowest BCUT2D eigenvalue weighted by atomic mass is 9.98. The van der Waals surface area contributed by atoms with Crippen molar-refractivity contribution < 1.29 is 22.4 Å². The van der Waals surface area contributed by atoms with Crippen molar-refractivity contribution in [2.24, 2.45) is 5.92 Å². The maximum atomic E-state index is 14.0. The molecule has 0 N–H and O–H groups in total. The number of hydrogen-bond donors (Lipinski definition) is 0. The van der Waals surface area contributed by atoms with Gasteiger partial charge in [0.2, 0.25) is 15.9 Å². The molecule has 1 aliphatic heterocycles. The topological polar surface area (TPSA) is 93.0 Å². The molecule has 10 heteroatoms. The van der Waals surface area contributed by atoms with Crippen LogP contribution in [-0.4, -0.2) is 43.8 Å². The lowest BCUT2D eigenvalue weighted by Crippen LogP contribution is -2.46. The second-order valence-electron chi connectivity index (χ2n) is 9.00. The molecule has 37 heavy (non-hydrogen) atoms. The van der Waals surface area contributed by atoms with Gasteiger partial charge in [-0.25, -0.2) is 13.4 Å². The summed E-state index contributed by atoms with van der Waals surface area (Å²) in [5, 5.41) is 0.590. The SMILES string of the molecule is CCc1cccc2sc(N(Cc3ccco3)C(=O)C3CCCN(S(=O)(=O)c4ccc(OC)cc4)C3)nc12. The molecule has 0 radical (unpaired) electrons. The predicted octanol–water partition coefficient (Wildman–Crippen LogP) is 5.09. The zero-order valence-corrected chi connectivity index (χ0v) is 22.4. The van der Waals surface area contributed by atoms with Gasteiger partial charge in [-0.15, -0.1) is 0 Å². The van der Waals surface area contributed by atoms with Gasteiger partial charge < -0.3 is 9.15 Å². The fourth-order valence-electron chi connectivity index (χ4n) is 4.67. The largest absolute Gasteiger partial charge is 0.497 e. The summed E-state index contributed by atoms with van der Waals surface area (Å²) >= 11 is 1.46. The average molecular weight is 540 g/mol. The highest BCUT2D eigenvalue weighted by molar-refractivity contribution is 7.89. The summed E-state index contributed by atoms with van der Waals surface area (Å²) in [5.74, 6) is 0.584. The third-order valence-corrected chi connectivity index (χ3v) is 9.62. The van der Waals surface area contributed by atoms with Crippen molar-refractivity contribution in [1.82, 2.24) is 9.29 Å². The first-order chi connectivity index (χ1) is 17.9. The summed E-state index contributed by atoms with van der Waals surface area (Å²) in [7, 11) is -2.21. The number of ether oxygens (including phenoxy) is 1. The Morgan fingerprint density at radius 1 is 1.19 bits per heavy atom. The molecule has 0 saturated carbocycles. The second kappa shape index (κ2) is 10.6. The molecule has 2 aromatic carbocycles. The number of furan rings is 1. The van der Waals surface area contributed by atoms with E-state index < -0.39 is 15.9 Å². The zero-order chi connectivity index (χ0) is 26.0. The van der Waals surface area contributed by atoms with Crippen LogP contribution in [-0.2, 0) is 27.8 Å². The van der Waals surface area contributed by atoms with Crippen molar-refractivity contribution in [2.75, 3.05) is 25.1 Å². The fourth-order valence-corrected chi connectivity index (χ4v) is 7.21. The molecular formula is C27H29N3O5S2. The van der Waals surface area contributed by atoms with E-state index in [-0.39, 0.29) is 23.9 Å². The molecule has 1 unspecified atom stereocenters. The number of aryl methyl sites for hydroxylation is 1. The number of piperidine rings is 1. The van der Waals surface area contributed by atoms with Crippen LogP contribution in [0.2, 0.25) is 0 Å².